The second-order valence-electron chi connectivity index (χ2n) is 4.89. The van der Waals surface area contributed by atoms with E-state index in [1.807, 2.05) is 6.07 Å². The van der Waals surface area contributed by atoms with Gasteiger partial charge in [-0.3, -0.25) is 0 Å². The molecule has 0 amide bonds. The van der Waals surface area contributed by atoms with Gasteiger partial charge in [0.2, 0.25) is 0 Å². The van der Waals surface area contributed by atoms with Crippen LogP contribution in [0, 0.1) is 0 Å². The Balaban J connectivity index is 1.84. The van der Waals surface area contributed by atoms with E-state index in [1.165, 1.54) is 5.56 Å². The third kappa shape index (κ3) is 2.59. The summed E-state index contributed by atoms with van der Waals surface area (Å²) in [6.45, 7) is 0. The normalized spacial score (nSPS) is 17.3. The number of benzene rings is 1. The smallest absolute Gasteiger partial charge is 0.272 e. The Morgan fingerprint density at radius 2 is 1.90 bits per heavy atom. The molecule has 102 valence electrons. The van der Waals surface area contributed by atoms with Crippen molar-refractivity contribution >= 4 is 11.9 Å². The van der Waals surface area contributed by atoms with Gasteiger partial charge in [-0.15, -0.1) is 10.2 Å². The van der Waals surface area contributed by atoms with Gasteiger partial charge in [0.05, 0.1) is 11.4 Å². The van der Waals surface area contributed by atoms with Gasteiger partial charge in [0.15, 0.2) is 5.96 Å². The molecule has 1 aliphatic carbocycles. The molecule has 4 N–H and O–H groups in total. The molecule has 1 aromatic heterocycles. The minimum atomic E-state index is -0.0512. The van der Waals surface area contributed by atoms with Crippen molar-refractivity contribution in [3.05, 3.63) is 47.3 Å². The number of fused-ring (bicyclic) bond motifs is 1. The summed E-state index contributed by atoms with van der Waals surface area (Å²) in [4.78, 5) is 8.19. The first-order valence-electron chi connectivity index (χ1n) is 6.59. The lowest BCUT2D eigenvalue weighted by Gasteiger charge is -2.22. The third-order valence-electron chi connectivity index (χ3n) is 3.50. The molecule has 0 fully saturated rings. The number of guanidine groups is 1. The number of hydrogen-bond acceptors (Lipinski definition) is 4. The highest BCUT2D eigenvalue weighted by Crippen LogP contribution is 2.30. The van der Waals surface area contributed by atoms with Crippen molar-refractivity contribution in [2.45, 2.75) is 25.2 Å². The van der Waals surface area contributed by atoms with E-state index in [0.717, 1.165) is 30.7 Å². The molecule has 0 spiro atoms. The summed E-state index contributed by atoms with van der Waals surface area (Å²) < 4.78 is 0. The molecule has 0 saturated heterocycles. The number of nitrogens with two attached hydrogens (primary N) is 2. The minimum Gasteiger partial charge on any atom is -0.370 e. The first-order valence-corrected chi connectivity index (χ1v) is 6.59. The fourth-order valence-electron chi connectivity index (χ4n) is 2.55. The SMILES string of the molecule is NC(N)=Nc1nnc2c(n1)CCC(c1ccccc1)C2. The molecular formula is C14H16N6. The average molecular weight is 268 g/mol. The number of aryl methyl sites for hydroxylation is 1. The van der Waals surface area contributed by atoms with Crippen molar-refractivity contribution in [3.63, 3.8) is 0 Å². The molecule has 0 saturated carbocycles. The van der Waals surface area contributed by atoms with E-state index in [1.54, 1.807) is 0 Å². The Morgan fingerprint density at radius 1 is 1.10 bits per heavy atom. The Bertz CT molecular complexity index is 633. The monoisotopic (exact) mass is 268 g/mol. The van der Waals surface area contributed by atoms with Gasteiger partial charge in [-0.25, -0.2) is 4.98 Å². The second kappa shape index (κ2) is 5.24. The van der Waals surface area contributed by atoms with Gasteiger partial charge < -0.3 is 11.5 Å². The average Bonchev–Trinajstić information content (AvgIpc) is 2.47. The van der Waals surface area contributed by atoms with E-state index in [0.29, 0.717) is 5.92 Å². The van der Waals surface area contributed by atoms with Crippen LogP contribution in [0.5, 0.6) is 0 Å². The summed E-state index contributed by atoms with van der Waals surface area (Å²) in [6.07, 6.45) is 2.79. The molecule has 0 bridgehead atoms. The Labute approximate surface area is 117 Å². The number of rotatable bonds is 2. The van der Waals surface area contributed by atoms with Crippen molar-refractivity contribution in [2.75, 3.05) is 0 Å². The van der Waals surface area contributed by atoms with E-state index in [2.05, 4.69) is 44.4 Å². The fraction of sp³-hybridized carbons (Fsp3) is 0.286. The maximum absolute atomic E-state index is 5.32. The van der Waals surface area contributed by atoms with Crippen LogP contribution in [0.3, 0.4) is 0 Å². The second-order valence-corrected chi connectivity index (χ2v) is 4.89. The summed E-state index contributed by atoms with van der Waals surface area (Å²) in [5.74, 6) is 0.667. The van der Waals surface area contributed by atoms with Gasteiger partial charge >= 0.3 is 0 Å². The Hall–Kier alpha value is -2.50. The summed E-state index contributed by atoms with van der Waals surface area (Å²) in [7, 11) is 0. The van der Waals surface area contributed by atoms with Gasteiger partial charge in [-0.2, -0.15) is 4.99 Å². The van der Waals surface area contributed by atoms with Crippen LogP contribution in [0.4, 0.5) is 5.95 Å². The molecule has 3 rings (SSSR count). The van der Waals surface area contributed by atoms with Crippen LogP contribution in [0.25, 0.3) is 0 Å². The molecule has 2 aromatic rings. The quantitative estimate of drug-likeness (QED) is 0.626. The molecule has 20 heavy (non-hydrogen) atoms. The van der Waals surface area contributed by atoms with E-state index >= 15 is 0 Å². The molecule has 0 radical (unpaired) electrons. The van der Waals surface area contributed by atoms with Crippen molar-refractivity contribution in [3.8, 4) is 0 Å². The molecule has 1 aliphatic rings. The van der Waals surface area contributed by atoms with Gasteiger partial charge in [0.1, 0.15) is 0 Å². The molecule has 0 aliphatic heterocycles. The molecule has 6 nitrogen and oxygen atoms in total. The third-order valence-corrected chi connectivity index (χ3v) is 3.50. The Morgan fingerprint density at radius 3 is 2.65 bits per heavy atom. The number of nitrogens with zero attached hydrogens (tertiary/aromatic N) is 4. The van der Waals surface area contributed by atoms with E-state index in [-0.39, 0.29) is 11.9 Å². The number of aromatic nitrogens is 3. The van der Waals surface area contributed by atoms with E-state index in [9.17, 15) is 0 Å². The standard InChI is InChI=1S/C14H16N6/c15-13(16)18-14-17-11-7-6-10(8-12(11)19-20-14)9-4-2-1-3-5-9/h1-5,10H,6-8H2,(H4,15,16,17,18,20). The fourth-order valence-corrected chi connectivity index (χ4v) is 2.55. The van der Waals surface area contributed by atoms with Crippen LogP contribution in [0.15, 0.2) is 35.3 Å². The van der Waals surface area contributed by atoms with Crippen LogP contribution in [0.2, 0.25) is 0 Å². The lowest BCUT2D eigenvalue weighted by Crippen LogP contribution is -2.22. The van der Waals surface area contributed by atoms with Gasteiger partial charge in [0, 0.05) is 6.42 Å². The largest absolute Gasteiger partial charge is 0.370 e. The van der Waals surface area contributed by atoms with Gasteiger partial charge in [-0.1, -0.05) is 30.3 Å². The minimum absolute atomic E-state index is 0.0512. The molecule has 1 unspecified atom stereocenters. The highest BCUT2D eigenvalue weighted by Gasteiger charge is 2.23. The van der Waals surface area contributed by atoms with Gasteiger partial charge in [0.25, 0.3) is 5.95 Å². The van der Waals surface area contributed by atoms with Crippen molar-refractivity contribution in [1.82, 2.24) is 15.2 Å². The zero-order valence-electron chi connectivity index (χ0n) is 11.0. The van der Waals surface area contributed by atoms with Crippen molar-refractivity contribution in [2.24, 2.45) is 16.5 Å². The van der Waals surface area contributed by atoms with Crippen LogP contribution in [0.1, 0.15) is 29.3 Å². The van der Waals surface area contributed by atoms with Crippen LogP contribution in [-0.2, 0) is 12.8 Å². The highest BCUT2D eigenvalue weighted by molar-refractivity contribution is 5.77. The van der Waals surface area contributed by atoms with Crippen LogP contribution < -0.4 is 11.5 Å². The summed E-state index contributed by atoms with van der Waals surface area (Å²) in [5.41, 5.74) is 13.9. The lowest BCUT2D eigenvalue weighted by molar-refractivity contribution is 0.552. The maximum Gasteiger partial charge on any atom is 0.272 e. The zero-order valence-corrected chi connectivity index (χ0v) is 11.0. The summed E-state index contributed by atoms with van der Waals surface area (Å²) in [6, 6.07) is 10.5. The first kappa shape index (κ1) is 12.5. The number of aliphatic imine (C=N–C) groups is 1. The first-order chi connectivity index (χ1) is 9.72. The molecule has 1 heterocycles. The summed E-state index contributed by atoms with van der Waals surface area (Å²) in [5, 5.41) is 8.17. The van der Waals surface area contributed by atoms with Crippen LogP contribution >= 0.6 is 0 Å². The predicted octanol–water partition coefficient (Wildman–Crippen LogP) is 1.05. The van der Waals surface area contributed by atoms with Gasteiger partial charge in [-0.05, 0) is 24.3 Å². The molecule has 1 aromatic carbocycles. The molecular weight excluding hydrogens is 252 g/mol. The predicted molar refractivity (Wildman–Crippen MR) is 76.5 cm³/mol. The van der Waals surface area contributed by atoms with Crippen molar-refractivity contribution < 1.29 is 0 Å². The maximum atomic E-state index is 5.32. The van der Waals surface area contributed by atoms with Crippen LogP contribution in [-0.4, -0.2) is 21.1 Å². The van der Waals surface area contributed by atoms with Crippen molar-refractivity contribution in [1.29, 1.82) is 0 Å². The topological polar surface area (TPSA) is 103 Å². The van der Waals surface area contributed by atoms with E-state index in [4.69, 9.17) is 11.5 Å². The molecule has 6 heteroatoms. The lowest BCUT2D eigenvalue weighted by atomic mass is 9.84. The number of hydrogen-bond donors (Lipinski definition) is 2. The Kier molecular flexibility index (Phi) is 3.28. The zero-order chi connectivity index (χ0) is 13.9. The van der Waals surface area contributed by atoms with E-state index < -0.39 is 0 Å². The molecule has 1 atom stereocenters. The summed E-state index contributed by atoms with van der Waals surface area (Å²) >= 11 is 0. The highest BCUT2D eigenvalue weighted by atomic mass is 15.2.